The molecule has 3 nitrogen and oxygen atoms in total. The largest absolute Gasteiger partial charge is 0.489 e. The number of hydrogen-bond donors (Lipinski definition) is 0. The molecule has 0 N–H and O–H groups in total. The summed E-state index contributed by atoms with van der Waals surface area (Å²) < 4.78 is 7.02. The van der Waals surface area contributed by atoms with Crippen LogP contribution in [0.3, 0.4) is 0 Å². The number of nitrogens with zero attached hydrogens (tertiary/aromatic N) is 2. The smallest absolute Gasteiger partial charge is 0.170 e. The minimum atomic E-state index is 0.544. The third-order valence-electron chi connectivity index (χ3n) is 4.82. The van der Waals surface area contributed by atoms with Crippen molar-refractivity contribution in [3.8, 4) is 5.75 Å². The number of hydrogen-bond acceptors (Lipinski definition) is 4. The Balaban J connectivity index is 1.34. The predicted molar refractivity (Wildman–Crippen MR) is 98.5 cm³/mol. The van der Waals surface area contributed by atoms with Crippen LogP contribution in [0.25, 0.3) is 10.3 Å². The maximum absolute atomic E-state index is 5.91. The fraction of sp³-hybridized carbons (Fsp3) is 0.400. The van der Waals surface area contributed by atoms with Gasteiger partial charge in [-0.25, -0.2) is 9.97 Å². The Labute approximate surface area is 146 Å². The molecule has 0 atom stereocenters. The zero-order valence-corrected chi connectivity index (χ0v) is 14.6. The van der Waals surface area contributed by atoms with Gasteiger partial charge in [0.05, 0.1) is 10.2 Å². The normalized spacial score (nSPS) is 15.7. The van der Waals surface area contributed by atoms with Crippen molar-refractivity contribution >= 4 is 21.7 Å². The summed E-state index contributed by atoms with van der Waals surface area (Å²) in [4.78, 5) is 8.55. The highest BCUT2D eigenvalue weighted by molar-refractivity contribution is 7.16. The Hall–Kier alpha value is -1.94. The Bertz CT molecular complexity index is 791. The Morgan fingerprint density at radius 3 is 2.67 bits per heavy atom. The molecule has 1 aliphatic rings. The second kappa shape index (κ2) is 7.31. The van der Waals surface area contributed by atoms with E-state index >= 15 is 0 Å². The van der Waals surface area contributed by atoms with Crippen molar-refractivity contribution < 1.29 is 4.74 Å². The van der Waals surface area contributed by atoms with Crippen LogP contribution in [0.15, 0.2) is 42.0 Å². The minimum Gasteiger partial charge on any atom is -0.489 e. The molecule has 24 heavy (non-hydrogen) atoms. The molecule has 4 rings (SSSR count). The van der Waals surface area contributed by atoms with E-state index in [0.717, 1.165) is 27.6 Å². The zero-order chi connectivity index (χ0) is 16.2. The number of pyridine rings is 1. The van der Waals surface area contributed by atoms with E-state index in [1.807, 2.05) is 11.7 Å². The summed E-state index contributed by atoms with van der Waals surface area (Å²) in [7, 11) is 0. The van der Waals surface area contributed by atoms with Crippen LogP contribution < -0.4 is 4.74 Å². The van der Waals surface area contributed by atoms with E-state index in [-0.39, 0.29) is 0 Å². The van der Waals surface area contributed by atoms with Crippen molar-refractivity contribution in [2.75, 3.05) is 0 Å². The molecule has 0 radical (unpaired) electrons. The van der Waals surface area contributed by atoms with Gasteiger partial charge in [0.25, 0.3) is 0 Å². The number of benzene rings is 1. The molecule has 2 heterocycles. The first-order chi connectivity index (χ1) is 11.9. The Morgan fingerprint density at radius 1 is 1.00 bits per heavy atom. The van der Waals surface area contributed by atoms with Crippen molar-refractivity contribution in [2.45, 2.75) is 45.1 Å². The van der Waals surface area contributed by atoms with Crippen molar-refractivity contribution in [1.29, 1.82) is 0 Å². The van der Waals surface area contributed by atoms with Gasteiger partial charge in [-0.3, -0.25) is 0 Å². The summed E-state index contributed by atoms with van der Waals surface area (Å²) in [6.45, 7) is 0.544. The molecule has 1 saturated carbocycles. The van der Waals surface area contributed by atoms with Crippen molar-refractivity contribution in [1.82, 2.24) is 9.97 Å². The minimum absolute atomic E-state index is 0.544. The molecular formula is C20H22N2OS. The molecule has 0 saturated heterocycles. The summed E-state index contributed by atoms with van der Waals surface area (Å²) in [6.07, 6.45) is 10.1. The van der Waals surface area contributed by atoms with Gasteiger partial charge in [0.1, 0.15) is 12.4 Å². The summed E-state index contributed by atoms with van der Waals surface area (Å²) >= 11 is 1.61. The van der Waals surface area contributed by atoms with Crippen molar-refractivity contribution in [2.24, 2.45) is 5.92 Å². The van der Waals surface area contributed by atoms with Crippen LogP contribution in [0.4, 0.5) is 0 Å². The molecular weight excluding hydrogens is 316 g/mol. The first kappa shape index (κ1) is 15.6. The van der Waals surface area contributed by atoms with Gasteiger partial charge >= 0.3 is 0 Å². The number of aromatic nitrogens is 2. The van der Waals surface area contributed by atoms with E-state index in [0.29, 0.717) is 6.61 Å². The van der Waals surface area contributed by atoms with Gasteiger partial charge in [0.15, 0.2) is 5.65 Å². The second-order valence-electron chi connectivity index (χ2n) is 6.66. The van der Waals surface area contributed by atoms with Crippen LogP contribution in [-0.4, -0.2) is 9.97 Å². The van der Waals surface area contributed by atoms with Crippen LogP contribution in [0.2, 0.25) is 0 Å². The topological polar surface area (TPSA) is 35.0 Å². The lowest BCUT2D eigenvalue weighted by Crippen LogP contribution is -2.09. The second-order valence-corrected chi connectivity index (χ2v) is 7.54. The third kappa shape index (κ3) is 3.75. The maximum atomic E-state index is 5.91. The molecule has 0 spiro atoms. The average Bonchev–Trinajstić information content (AvgIpc) is 3.10. The lowest BCUT2D eigenvalue weighted by atomic mass is 9.85. The Morgan fingerprint density at radius 2 is 1.83 bits per heavy atom. The molecule has 3 aromatic rings. The van der Waals surface area contributed by atoms with Gasteiger partial charge in [-0.1, -0.05) is 44.2 Å². The molecule has 0 amide bonds. The molecule has 1 aliphatic carbocycles. The standard InChI is InChI=1S/C20H22N2OS/c1-2-4-15(5-3-1)10-16-6-8-18(9-7-16)23-13-17-11-19-20(21-12-17)22-14-24-19/h6-9,11-12,14-15H,1-5,10,13H2. The van der Waals surface area contributed by atoms with Crippen LogP contribution >= 0.6 is 11.3 Å². The number of fused-ring (bicyclic) bond motifs is 1. The maximum Gasteiger partial charge on any atom is 0.170 e. The van der Waals surface area contributed by atoms with E-state index in [4.69, 9.17) is 4.74 Å². The first-order valence-corrected chi connectivity index (χ1v) is 9.65. The first-order valence-electron chi connectivity index (χ1n) is 8.77. The molecule has 1 aromatic carbocycles. The van der Waals surface area contributed by atoms with Gasteiger partial charge in [0, 0.05) is 11.8 Å². The molecule has 0 bridgehead atoms. The average molecular weight is 338 g/mol. The van der Waals surface area contributed by atoms with Crippen LogP contribution in [0, 0.1) is 5.92 Å². The Kier molecular flexibility index (Phi) is 4.74. The lowest BCUT2D eigenvalue weighted by Gasteiger charge is -2.21. The van der Waals surface area contributed by atoms with E-state index < -0.39 is 0 Å². The highest BCUT2D eigenvalue weighted by Crippen LogP contribution is 2.27. The third-order valence-corrected chi connectivity index (χ3v) is 5.59. The van der Waals surface area contributed by atoms with Crippen molar-refractivity contribution in [3.05, 3.63) is 53.2 Å². The highest BCUT2D eigenvalue weighted by atomic mass is 32.1. The summed E-state index contributed by atoms with van der Waals surface area (Å²) in [5.74, 6) is 1.80. The van der Waals surface area contributed by atoms with Crippen LogP contribution in [-0.2, 0) is 13.0 Å². The number of rotatable bonds is 5. The number of thiazole rings is 1. The summed E-state index contributed by atoms with van der Waals surface area (Å²) in [5.41, 5.74) is 5.16. The van der Waals surface area contributed by atoms with E-state index in [1.165, 1.54) is 44.1 Å². The fourth-order valence-electron chi connectivity index (χ4n) is 3.49. The quantitative estimate of drug-likeness (QED) is 0.625. The van der Waals surface area contributed by atoms with Gasteiger partial charge in [-0.05, 0) is 36.1 Å². The van der Waals surface area contributed by atoms with E-state index in [1.54, 1.807) is 11.3 Å². The molecule has 0 aliphatic heterocycles. The van der Waals surface area contributed by atoms with Gasteiger partial charge in [-0.15, -0.1) is 11.3 Å². The predicted octanol–water partition coefficient (Wildman–Crippen LogP) is 5.39. The van der Waals surface area contributed by atoms with Gasteiger partial charge < -0.3 is 4.74 Å². The highest BCUT2D eigenvalue weighted by Gasteiger charge is 2.13. The fourth-order valence-corrected chi connectivity index (χ4v) is 4.18. The van der Waals surface area contributed by atoms with E-state index in [2.05, 4.69) is 40.3 Å². The monoisotopic (exact) mass is 338 g/mol. The molecule has 2 aromatic heterocycles. The SMILES string of the molecule is c1nc2ncc(COc3ccc(CC4CCCCC4)cc3)cc2s1. The van der Waals surface area contributed by atoms with Crippen molar-refractivity contribution in [3.63, 3.8) is 0 Å². The molecule has 124 valence electrons. The van der Waals surface area contributed by atoms with E-state index in [9.17, 15) is 0 Å². The number of ether oxygens (including phenoxy) is 1. The van der Waals surface area contributed by atoms with Crippen LogP contribution in [0.5, 0.6) is 5.75 Å². The van der Waals surface area contributed by atoms with Gasteiger partial charge in [0.2, 0.25) is 0 Å². The van der Waals surface area contributed by atoms with Crippen LogP contribution in [0.1, 0.15) is 43.2 Å². The summed E-state index contributed by atoms with van der Waals surface area (Å²) in [5, 5.41) is 0. The lowest BCUT2D eigenvalue weighted by molar-refractivity contribution is 0.305. The summed E-state index contributed by atoms with van der Waals surface area (Å²) in [6, 6.07) is 10.7. The molecule has 0 unspecified atom stereocenters. The zero-order valence-electron chi connectivity index (χ0n) is 13.8. The van der Waals surface area contributed by atoms with Gasteiger partial charge in [-0.2, -0.15) is 0 Å². The molecule has 1 fully saturated rings. The molecule has 4 heteroatoms.